The summed E-state index contributed by atoms with van der Waals surface area (Å²) >= 11 is 7.70. The predicted molar refractivity (Wildman–Crippen MR) is 70.1 cm³/mol. The molecule has 0 radical (unpaired) electrons. The number of anilines is 1. The van der Waals surface area contributed by atoms with Gasteiger partial charge in [-0.15, -0.1) is 0 Å². The van der Waals surface area contributed by atoms with Crippen LogP contribution in [0, 0.1) is 5.92 Å². The summed E-state index contributed by atoms with van der Waals surface area (Å²) in [5.74, 6) is 2.48. The molecule has 17 heavy (non-hydrogen) atoms. The van der Waals surface area contributed by atoms with E-state index in [-0.39, 0.29) is 10.7 Å². The summed E-state index contributed by atoms with van der Waals surface area (Å²) in [6.07, 6.45) is 1.21. The molecule has 1 aliphatic heterocycles. The van der Waals surface area contributed by atoms with Crippen LogP contribution in [-0.4, -0.2) is 34.1 Å². The molecule has 1 atom stereocenters. The molecule has 0 amide bonds. The van der Waals surface area contributed by atoms with Gasteiger partial charge in [0.15, 0.2) is 5.69 Å². The number of carbonyl (C=O) groups is 1. The first kappa shape index (κ1) is 12.5. The first-order valence-electron chi connectivity index (χ1n) is 5.38. The summed E-state index contributed by atoms with van der Waals surface area (Å²) in [7, 11) is 0. The molecule has 0 bridgehead atoms. The molecule has 4 nitrogen and oxygen atoms in total. The van der Waals surface area contributed by atoms with Crippen molar-refractivity contribution in [2.75, 3.05) is 23.4 Å². The van der Waals surface area contributed by atoms with Crippen molar-refractivity contribution in [3.63, 3.8) is 0 Å². The first-order valence-corrected chi connectivity index (χ1v) is 6.91. The second-order valence-electron chi connectivity index (χ2n) is 3.94. The van der Waals surface area contributed by atoms with E-state index in [0.717, 1.165) is 12.3 Å². The summed E-state index contributed by atoms with van der Waals surface area (Å²) in [6, 6.07) is 3.26. The Bertz CT molecular complexity index is 422. The van der Waals surface area contributed by atoms with Crippen molar-refractivity contribution in [1.82, 2.24) is 4.98 Å². The number of aromatic nitrogens is 1. The molecule has 1 unspecified atom stereocenters. The Morgan fingerprint density at radius 1 is 1.65 bits per heavy atom. The average Bonchev–Trinajstić information content (AvgIpc) is 2.80. The van der Waals surface area contributed by atoms with E-state index >= 15 is 0 Å². The van der Waals surface area contributed by atoms with Gasteiger partial charge in [0.1, 0.15) is 5.82 Å². The van der Waals surface area contributed by atoms with Crippen molar-refractivity contribution in [2.45, 2.75) is 6.42 Å². The number of hydrogen-bond acceptors (Lipinski definition) is 4. The van der Waals surface area contributed by atoms with Gasteiger partial charge in [-0.05, 0) is 36.0 Å². The Hall–Kier alpha value is -0.940. The molecule has 1 aliphatic rings. The molecule has 0 spiro atoms. The van der Waals surface area contributed by atoms with E-state index in [1.54, 1.807) is 12.1 Å². The fourth-order valence-corrected chi connectivity index (χ4v) is 3.15. The van der Waals surface area contributed by atoms with Gasteiger partial charge < -0.3 is 10.4 Å². The number of carboxylic acid groups (broad SMARTS) is 1. The summed E-state index contributed by atoms with van der Waals surface area (Å²) in [4.78, 5) is 14.8. The molecule has 92 valence electrons. The van der Waals surface area contributed by atoms with Crippen molar-refractivity contribution >= 4 is 35.1 Å². The summed E-state index contributed by atoms with van der Waals surface area (Å²) in [6.45, 7) is 0.834. The van der Waals surface area contributed by atoms with Crippen molar-refractivity contribution in [2.24, 2.45) is 5.92 Å². The lowest BCUT2D eigenvalue weighted by Gasteiger charge is -2.11. The van der Waals surface area contributed by atoms with Crippen molar-refractivity contribution in [3.05, 3.63) is 22.8 Å². The second-order valence-corrected chi connectivity index (χ2v) is 5.50. The summed E-state index contributed by atoms with van der Waals surface area (Å²) < 4.78 is 0. The van der Waals surface area contributed by atoms with E-state index < -0.39 is 5.97 Å². The van der Waals surface area contributed by atoms with E-state index in [2.05, 4.69) is 10.3 Å². The molecule has 1 fully saturated rings. The highest BCUT2D eigenvalue weighted by molar-refractivity contribution is 7.99. The van der Waals surface area contributed by atoms with Crippen molar-refractivity contribution < 1.29 is 9.90 Å². The molecule has 2 rings (SSSR count). The van der Waals surface area contributed by atoms with Crippen LogP contribution >= 0.6 is 23.4 Å². The molecule has 1 aromatic rings. The van der Waals surface area contributed by atoms with Crippen LogP contribution in [0.1, 0.15) is 16.9 Å². The highest BCUT2D eigenvalue weighted by Gasteiger charge is 2.16. The monoisotopic (exact) mass is 272 g/mol. The van der Waals surface area contributed by atoms with Gasteiger partial charge in [0, 0.05) is 6.54 Å². The van der Waals surface area contributed by atoms with E-state index in [0.29, 0.717) is 11.7 Å². The normalized spacial score (nSPS) is 19.2. The van der Waals surface area contributed by atoms with E-state index in [4.69, 9.17) is 16.7 Å². The van der Waals surface area contributed by atoms with Gasteiger partial charge in [-0.3, -0.25) is 0 Å². The Morgan fingerprint density at radius 2 is 2.47 bits per heavy atom. The van der Waals surface area contributed by atoms with Gasteiger partial charge in [-0.2, -0.15) is 11.8 Å². The minimum absolute atomic E-state index is 0.0996. The lowest BCUT2D eigenvalue weighted by molar-refractivity contribution is 0.0691. The summed E-state index contributed by atoms with van der Waals surface area (Å²) in [5.41, 5.74) is -0.0996. The Balaban J connectivity index is 2.00. The fraction of sp³-hybridized carbons (Fsp3) is 0.455. The molecule has 0 saturated carbocycles. The van der Waals surface area contributed by atoms with E-state index in [9.17, 15) is 4.79 Å². The smallest absolute Gasteiger partial charge is 0.356 e. The van der Waals surface area contributed by atoms with Crippen LogP contribution in [0.25, 0.3) is 0 Å². The van der Waals surface area contributed by atoms with Gasteiger partial charge in [0.2, 0.25) is 0 Å². The number of halogens is 1. The van der Waals surface area contributed by atoms with Crippen LogP contribution in [-0.2, 0) is 0 Å². The number of aromatic carboxylic acids is 1. The molecule has 1 saturated heterocycles. The molecule has 1 aromatic heterocycles. The van der Waals surface area contributed by atoms with E-state index in [1.165, 1.54) is 12.2 Å². The minimum Gasteiger partial charge on any atom is -0.476 e. The van der Waals surface area contributed by atoms with Crippen LogP contribution in [0.3, 0.4) is 0 Å². The van der Waals surface area contributed by atoms with Crippen LogP contribution in [0.4, 0.5) is 5.82 Å². The fourth-order valence-electron chi connectivity index (χ4n) is 1.68. The first-order chi connectivity index (χ1) is 8.16. The zero-order chi connectivity index (χ0) is 12.3. The predicted octanol–water partition coefficient (Wildman–Crippen LogP) is 2.60. The topological polar surface area (TPSA) is 62.2 Å². The maximum atomic E-state index is 10.9. The molecule has 2 N–H and O–H groups in total. The van der Waals surface area contributed by atoms with Crippen molar-refractivity contribution in [1.29, 1.82) is 0 Å². The Kier molecular flexibility index (Phi) is 4.12. The quantitative estimate of drug-likeness (QED) is 0.882. The van der Waals surface area contributed by atoms with Crippen LogP contribution < -0.4 is 5.32 Å². The standard InChI is InChI=1S/C11H13ClN2O2S/c12-8-1-2-9(14-10(8)11(15)16)13-5-7-3-4-17-6-7/h1-2,7H,3-6H2,(H,13,14)(H,15,16). The van der Waals surface area contributed by atoms with Crippen LogP contribution in [0.2, 0.25) is 5.02 Å². The Morgan fingerprint density at radius 3 is 3.12 bits per heavy atom. The number of hydrogen-bond donors (Lipinski definition) is 2. The number of thioether (sulfide) groups is 1. The lowest BCUT2D eigenvalue weighted by Crippen LogP contribution is -2.15. The van der Waals surface area contributed by atoms with Gasteiger partial charge in [-0.1, -0.05) is 11.6 Å². The number of carboxylic acids is 1. The number of pyridine rings is 1. The van der Waals surface area contributed by atoms with Crippen LogP contribution in [0.5, 0.6) is 0 Å². The number of rotatable bonds is 4. The molecule has 0 aromatic carbocycles. The van der Waals surface area contributed by atoms with Crippen LogP contribution in [0.15, 0.2) is 12.1 Å². The minimum atomic E-state index is -1.10. The summed E-state index contributed by atoms with van der Waals surface area (Å²) in [5, 5.41) is 12.2. The Labute approximate surface area is 109 Å². The third kappa shape index (κ3) is 3.26. The highest BCUT2D eigenvalue weighted by Crippen LogP contribution is 2.24. The zero-order valence-corrected chi connectivity index (χ0v) is 10.7. The number of nitrogens with zero attached hydrogens (tertiary/aromatic N) is 1. The van der Waals surface area contributed by atoms with Gasteiger partial charge in [0.25, 0.3) is 0 Å². The highest BCUT2D eigenvalue weighted by atomic mass is 35.5. The average molecular weight is 273 g/mol. The SMILES string of the molecule is O=C(O)c1nc(NCC2CCSC2)ccc1Cl. The molecular weight excluding hydrogens is 260 g/mol. The third-order valence-corrected chi connectivity index (χ3v) is 4.18. The maximum Gasteiger partial charge on any atom is 0.356 e. The zero-order valence-electron chi connectivity index (χ0n) is 9.15. The third-order valence-electron chi connectivity index (χ3n) is 2.64. The molecular formula is C11H13ClN2O2S. The van der Waals surface area contributed by atoms with Gasteiger partial charge in [-0.25, -0.2) is 9.78 Å². The molecule has 0 aliphatic carbocycles. The van der Waals surface area contributed by atoms with Crippen molar-refractivity contribution in [3.8, 4) is 0 Å². The second kappa shape index (κ2) is 5.60. The maximum absolute atomic E-state index is 10.9. The lowest BCUT2D eigenvalue weighted by atomic mass is 10.1. The number of nitrogens with one attached hydrogen (secondary N) is 1. The van der Waals surface area contributed by atoms with Gasteiger partial charge in [0.05, 0.1) is 5.02 Å². The molecule has 2 heterocycles. The molecule has 6 heteroatoms. The largest absolute Gasteiger partial charge is 0.476 e. The van der Waals surface area contributed by atoms with Gasteiger partial charge >= 0.3 is 5.97 Å². The van der Waals surface area contributed by atoms with E-state index in [1.807, 2.05) is 11.8 Å².